The lowest BCUT2D eigenvalue weighted by Crippen LogP contribution is -2.51. The first-order chi connectivity index (χ1) is 11.0. The molecular formula is C17H16O6. The van der Waals surface area contributed by atoms with Gasteiger partial charge < -0.3 is 14.6 Å². The van der Waals surface area contributed by atoms with Crippen LogP contribution >= 0.6 is 0 Å². The van der Waals surface area contributed by atoms with E-state index in [4.69, 9.17) is 9.47 Å². The molecule has 0 saturated carbocycles. The number of hydrogen-bond donors (Lipinski definition) is 1. The number of ketones is 1. The number of fused-ring (bicyclic) bond motifs is 1. The van der Waals surface area contributed by atoms with Crippen molar-refractivity contribution in [2.75, 3.05) is 7.11 Å². The lowest BCUT2D eigenvalue weighted by Gasteiger charge is -2.32. The van der Waals surface area contributed by atoms with Crippen LogP contribution in [0.1, 0.15) is 29.6 Å². The van der Waals surface area contributed by atoms with Crippen molar-refractivity contribution in [2.24, 2.45) is 5.92 Å². The van der Waals surface area contributed by atoms with Crippen LogP contribution in [0.15, 0.2) is 29.8 Å². The van der Waals surface area contributed by atoms with Crippen molar-refractivity contribution < 1.29 is 29.0 Å². The van der Waals surface area contributed by atoms with Gasteiger partial charge in [-0.2, -0.15) is 0 Å². The summed E-state index contributed by atoms with van der Waals surface area (Å²) in [5.41, 5.74) is -0.861. The fourth-order valence-corrected chi connectivity index (χ4v) is 3.31. The van der Waals surface area contributed by atoms with E-state index in [9.17, 15) is 19.5 Å². The molecule has 0 saturated heterocycles. The van der Waals surface area contributed by atoms with Crippen molar-refractivity contribution in [3.63, 3.8) is 0 Å². The summed E-state index contributed by atoms with van der Waals surface area (Å²) in [6.07, 6.45) is 3.22. The second-order valence-electron chi connectivity index (χ2n) is 5.73. The number of carbonyl (C=O) groups is 3. The van der Waals surface area contributed by atoms with Gasteiger partial charge in [0.05, 0.1) is 12.7 Å². The highest BCUT2D eigenvalue weighted by Gasteiger charge is 2.57. The molecule has 0 amide bonds. The lowest BCUT2D eigenvalue weighted by molar-refractivity contribution is -0.151. The standard InChI is InChI=1S/C17H16O6/c1-22-16(21)13-4-2-3-10(9-18)8-17(13)15(20)12-7-11(19)5-6-14(12)23-17/h3,5-7,9,13,19H,2,4,8H2,1H3/t13-,17-/m0/s1. The third-order valence-electron chi connectivity index (χ3n) is 4.41. The summed E-state index contributed by atoms with van der Waals surface area (Å²) in [5, 5.41) is 9.61. The number of esters is 1. The minimum absolute atomic E-state index is 0.00451. The molecule has 2 atom stereocenters. The van der Waals surface area contributed by atoms with Gasteiger partial charge in [0.25, 0.3) is 0 Å². The number of aldehydes is 1. The van der Waals surface area contributed by atoms with E-state index in [2.05, 4.69) is 0 Å². The highest BCUT2D eigenvalue weighted by Crippen LogP contribution is 2.46. The van der Waals surface area contributed by atoms with Crippen molar-refractivity contribution in [1.29, 1.82) is 0 Å². The molecule has 1 aromatic rings. The van der Waals surface area contributed by atoms with Crippen molar-refractivity contribution in [1.82, 2.24) is 0 Å². The van der Waals surface area contributed by atoms with Crippen molar-refractivity contribution in [3.05, 3.63) is 35.4 Å². The van der Waals surface area contributed by atoms with E-state index in [0.29, 0.717) is 30.5 Å². The van der Waals surface area contributed by atoms with E-state index >= 15 is 0 Å². The molecule has 1 spiro atoms. The van der Waals surface area contributed by atoms with Gasteiger partial charge in [0.15, 0.2) is 5.60 Å². The second-order valence-corrected chi connectivity index (χ2v) is 5.73. The van der Waals surface area contributed by atoms with Gasteiger partial charge in [0, 0.05) is 6.42 Å². The Kier molecular flexibility index (Phi) is 3.67. The van der Waals surface area contributed by atoms with E-state index in [-0.39, 0.29) is 17.7 Å². The molecule has 1 N–H and O–H groups in total. The number of phenols is 1. The Morgan fingerprint density at radius 2 is 2.26 bits per heavy atom. The van der Waals surface area contributed by atoms with Crippen LogP contribution in [-0.4, -0.2) is 35.9 Å². The third-order valence-corrected chi connectivity index (χ3v) is 4.41. The van der Waals surface area contributed by atoms with Gasteiger partial charge in [-0.15, -0.1) is 0 Å². The monoisotopic (exact) mass is 316 g/mol. The minimum atomic E-state index is -1.49. The highest BCUT2D eigenvalue weighted by molar-refractivity contribution is 6.10. The van der Waals surface area contributed by atoms with Crippen LogP contribution < -0.4 is 4.74 Å². The SMILES string of the molecule is COC(=O)[C@@H]1CCC=C(C=O)C[C@]12Oc1ccc(O)cc1C2=O. The average molecular weight is 316 g/mol. The molecule has 0 bridgehead atoms. The molecule has 2 aliphatic rings. The summed E-state index contributed by atoms with van der Waals surface area (Å²) < 4.78 is 10.7. The number of Topliss-reactive ketones (excluding diaryl/α,β-unsaturated/α-hetero) is 1. The molecule has 6 heteroatoms. The molecule has 120 valence electrons. The van der Waals surface area contributed by atoms with Crippen LogP contribution in [-0.2, 0) is 14.3 Å². The van der Waals surface area contributed by atoms with E-state index in [1.54, 1.807) is 6.08 Å². The molecule has 1 aliphatic heterocycles. The minimum Gasteiger partial charge on any atom is -0.508 e. The Bertz CT molecular complexity index is 720. The Morgan fingerprint density at radius 3 is 2.96 bits per heavy atom. The molecule has 0 aromatic heterocycles. The maximum Gasteiger partial charge on any atom is 0.313 e. The summed E-state index contributed by atoms with van der Waals surface area (Å²) >= 11 is 0. The first-order valence-corrected chi connectivity index (χ1v) is 7.30. The molecule has 1 aromatic carbocycles. The van der Waals surface area contributed by atoms with Gasteiger partial charge in [0.1, 0.15) is 23.7 Å². The maximum absolute atomic E-state index is 13.0. The molecule has 0 radical (unpaired) electrons. The van der Waals surface area contributed by atoms with E-state index in [1.165, 1.54) is 25.3 Å². The molecular weight excluding hydrogens is 300 g/mol. The van der Waals surface area contributed by atoms with Crippen molar-refractivity contribution >= 4 is 18.0 Å². The molecule has 1 aliphatic carbocycles. The number of rotatable bonds is 2. The van der Waals surface area contributed by atoms with Crippen molar-refractivity contribution in [3.8, 4) is 11.5 Å². The normalized spacial score (nSPS) is 26.0. The first kappa shape index (κ1) is 15.3. The third kappa shape index (κ3) is 2.30. The fourth-order valence-electron chi connectivity index (χ4n) is 3.31. The number of allylic oxidation sites excluding steroid dienone is 1. The number of ether oxygens (including phenoxy) is 2. The number of carbonyl (C=O) groups excluding carboxylic acids is 3. The van der Waals surface area contributed by atoms with Gasteiger partial charge in [0.2, 0.25) is 5.78 Å². The van der Waals surface area contributed by atoms with Gasteiger partial charge >= 0.3 is 5.97 Å². The molecule has 6 nitrogen and oxygen atoms in total. The summed E-state index contributed by atoms with van der Waals surface area (Å²) in [7, 11) is 1.26. The first-order valence-electron chi connectivity index (χ1n) is 7.30. The topological polar surface area (TPSA) is 89.9 Å². The highest BCUT2D eigenvalue weighted by atomic mass is 16.5. The molecule has 0 unspecified atom stereocenters. The zero-order valence-electron chi connectivity index (χ0n) is 12.6. The zero-order chi connectivity index (χ0) is 16.6. The van der Waals surface area contributed by atoms with Gasteiger partial charge in [-0.05, 0) is 36.6 Å². The van der Waals surface area contributed by atoms with Gasteiger partial charge in [-0.3, -0.25) is 14.4 Å². The summed E-state index contributed by atoms with van der Waals surface area (Å²) in [5.74, 6) is -1.53. The van der Waals surface area contributed by atoms with Gasteiger partial charge in [-0.25, -0.2) is 0 Å². The van der Waals surface area contributed by atoms with Crippen LogP contribution in [0.3, 0.4) is 0 Å². The number of benzene rings is 1. The quantitative estimate of drug-likeness (QED) is 0.661. The van der Waals surface area contributed by atoms with Crippen LogP contribution in [0.25, 0.3) is 0 Å². The fraction of sp³-hybridized carbons (Fsp3) is 0.353. The summed E-state index contributed by atoms with van der Waals surface area (Å²) in [6, 6.07) is 4.21. The smallest absolute Gasteiger partial charge is 0.313 e. The Morgan fingerprint density at radius 1 is 1.48 bits per heavy atom. The van der Waals surface area contributed by atoms with Crippen LogP contribution in [0.2, 0.25) is 0 Å². The number of hydrogen-bond acceptors (Lipinski definition) is 6. The van der Waals surface area contributed by atoms with Gasteiger partial charge in [-0.1, -0.05) is 6.08 Å². The predicted octanol–water partition coefficient (Wildman–Crippen LogP) is 1.80. The largest absolute Gasteiger partial charge is 0.508 e. The molecule has 23 heavy (non-hydrogen) atoms. The predicted molar refractivity (Wildman–Crippen MR) is 79.3 cm³/mol. The Labute approximate surface area is 132 Å². The number of aromatic hydroxyl groups is 1. The molecule has 3 rings (SSSR count). The van der Waals surface area contributed by atoms with Crippen LogP contribution in [0, 0.1) is 5.92 Å². The molecule has 0 fully saturated rings. The number of phenolic OH excluding ortho intramolecular Hbond substituents is 1. The van der Waals surface area contributed by atoms with E-state index in [1.807, 2.05) is 0 Å². The number of methoxy groups -OCH3 is 1. The van der Waals surface area contributed by atoms with E-state index < -0.39 is 23.3 Å². The maximum atomic E-state index is 13.0. The van der Waals surface area contributed by atoms with Crippen LogP contribution in [0.5, 0.6) is 11.5 Å². The van der Waals surface area contributed by atoms with Crippen LogP contribution in [0.4, 0.5) is 0 Å². The van der Waals surface area contributed by atoms with Crippen molar-refractivity contribution in [2.45, 2.75) is 24.9 Å². The van der Waals surface area contributed by atoms with E-state index in [0.717, 1.165) is 0 Å². The Hall–Kier alpha value is -2.63. The second kappa shape index (κ2) is 5.53. The average Bonchev–Trinajstić information content (AvgIpc) is 2.72. The zero-order valence-corrected chi connectivity index (χ0v) is 12.6. The summed E-state index contributed by atoms with van der Waals surface area (Å²) in [4.78, 5) is 36.4. The lowest BCUT2D eigenvalue weighted by atomic mass is 9.78. The summed E-state index contributed by atoms with van der Waals surface area (Å²) in [6.45, 7) is 0. The Balaban J connectivity index is 2.11. The molecule has 1 heterocycles.